The molecule has 0 saturated heterocycles. The van der Waals surface area contributed by atoms with E-state index in [-0.39, 0.29) is 6.04 Å². The third kappa shape index (κ3) is 3.37. The number of hydrogen-bond donors (Lipinski definition) is 2. The topological polar surface area (TPSA) is 56.5 Å². The first-order valence-electron chi connectivity index (χ1n) is 6.35. The maximum atomic E-state index is 5.68. The van der Waals surface area contributed by atoms with Crippen LogP contribution in [-0.4, -0.2) is 14.2 Å². The molecule has 2 atom stereocenters. The quantitative estimate of drug-likeness (QED) is 0.578. The number of methoxy groups -OCH3 is 2. The Morgan fingerprint density at radius 1 is 1.22 bits per heavy atom. The highest BCUT2D eigenvalue weighted by Crippen LogP contribution is 2.33. The molecule has 1 aromatic rings. The van der Waals surface area contributed by atoms with Crippen molar-refractivity contribution >= 4 is 0 Å². The number of ether oxygens (including phenoxy) is 2. The molecule has 0 heterocycles. The summed E-state index contributed by atoms with van der Waals surface area (Å²) in [4.78, 5) is 0. The Kier molecular flexibility index (Phi) is 5.95. The Bertz CT molecular complexity index is 369. The lowest BCUT2D eigenvalue weighted by Crippen LogP contribution is -2.32. The van der Waals surface area contributed by atoms with Crippen LogP contribution < -0.4 is 20.7 Å². The monoisotopic (exact) mass is 252 g/mol. The van der Waals surface area contributed by atoms with E-state index in [2.05, 4.69) is 19.3 Å². The van der Waals surface area contributed by atoms with E-state index in [1.165, 1.54) is 0 Å². The average Bonchev–Trinajstić information content (AvgIpc) is 2.39. The SMILES string of the molecule is CCCC(C)C(NN)c1ccc(OC)c(OC)c1. The number of nitrogens with one attached hydrogen (secondary N) is 1. The van der Waals surface area contributed by atoms with Crippen LogP contribution in [0.1, 0.15) is 38.3 Å². The molecule has 0 aliphatic carbocycles. The molecule has 4 heteroatoms. The lowest BCUT2D eigenvalue weighted by Gasteiger charge is -2.24. The van der Waals surface area contributed by atoms with Crippen molar-refractivity contribution in [1.82, 2.24) is 5.43 Å². The molecule has 102 valence electrons. The molecule has 0 aliphatic rings. The van der Waals surface area contributed by atoms with Gasteiger partial charge in [0.05, 0.1) is 14.2 Å². The molecular weight excluding hydrogens is 228 g/mol. The highest BCUT2D eigenvalue weighted by Gasteiger charge is 2.18. The molecule has 2 unspecified atom stereocenters. The molecule has 1 aromatic carbocycles. The minimum atomic E-state index is 0.129. The highest BCUT2D eigenvalue weighted by atomic mass is 16.5. The number of nitrogens with two attached hydrogens (primary N) is 1. The molecule has 0 aromatic heterocycles. The lowest BCUT2D eigenvalue weighted by molar-refractivity contribution is 0.347. The zero-order valence-corrected chi connectivity index (χ0v) is 11.7. The molecule has 0 aliphatic heterocycles. The molecule has 1 rings (SSSR count). The van der Waals surface area contributed by atoms with E-state index in [1.54, 1.807) is 14.2 Å². The van der Waals surface area contributed by atoms with Crippen LogP contribution in [0.5, 0.6) is 11.5 Å². The van der Waals surface area contributed by atoms with Gasteiger partial charge in [-0.1, -0.05) is 26.3 Å². The third-order valence-electron chi connectivity index (χ3n) is 3.26. The fourth-order valence-corrected chi connectivity index (χ4v) is 2.26. The maximum Gasteiger partial charge on any atom is 0.161 e. The summed E-state index contributed by atoms with van der Waals surface area (Å²) in [5, 5.41) is 0. The van der Waals surface area contributed by atoms with Crippen LogP contribution in [-0.2, 0) is 0 Å². The van der Waals surface area contributed by atoms with Gasteiger partial charge >= 0.3 is 0 Å². The summed E-state index contributed by atoms with van der Waals surface area (Å²) in [5.41, 5.74) is 4.02. The first-order chi connectivity index (χ1) is 8.67. The number of rotatable bonds is 7. The Morgan fingerprint density at radius 2 is 1.89 bits per heavy atom. The van der Waals surface area contributed by atoms with Crippen molar-refractivity contribution in [1.29, 1.82) is 0 Å². The van der Waals surface area contributed by atoms with Gasteiger partial charge in [0.2, 0.25) is 0 Å². The van der Waals surface area contributed by atoms with Crippen LogP contribution in [0.4, 0.5) is 0 Å². The molecular formula is C14H24N2O2. The number of hydrazine groups is 1. The minimum absolute atomic E-state index is 0.129. The first-order valence-corrected chi connectivity index (χ1v) is 6.35. The second-order valence-electron chi connectivity index (χ2n) is 4.52. The summed E-state index contributed by atoms with van der Waals surface area (Å²) < 4.78 is 10.6. The van der Waals surface area contributed by atoms with Gasteiger partial charge in [-0.2, -0.15) is 0 Å². The standard InChI is InChI=1S/C14H24N2O2/c1-5-6-10(2)14(16-15)11-7-8-12(17-3)13(9-11)18-4/h7-10,14,16H,5-6,15H2,1-4H3. The van der Waals surface area contributed by atoms with Gasteiger partial charge in [0.25, 0.3) is 0 Å². The van der Waals surface area contributed by atoms with E-state index in [1.807, 2.05) is 18.2 Å². The van der Waals surface area contributed by atoms with Gasteiger partial charge in [0, 0.05) is 6.04 Å². The van der Waals surface area contributed by atoms with E-state index in [0.29, 0.717) is 5.92 Å². The zero-order valence-electron chi connectivity index (χ0n) is 11.7. The van der Waals surface area contributed by atoms with E-state index < -0.39 is 0 Å². The van der Waals surface area contributed by atoms with Crippen LogP contribution in [0.3, 0.4) is 0 Å². The van der Waals surface area contributed by atoms with Crippen LogP contribution in [0.15, 0.2) is 18.2 Å². The Labute approximate surface area is 109 Å². The molecule has 0 radical (unpaired) electrons. The second kappa shape index (κ2) is 7.24. The van der Waals surface area contributed by atoms with Crippen molar-refractivity contribution in [2.75, 3.05) is 14.2 Å². The van der Waals surface area contributed by atoms with E-state index >= 15 is 0 Å². The van der Waals surface area contributed by atoms with Gasteiger partial charge in [-0.25, -0.2) is 0 Å². The van der Waals surface area contributed by atoms with E-state index in [0.717, 1.165) is 29.9 Å². The van der Waals surface area contributed by atoms with Crippen molar-refractivity contribution in [3.8, 4) is 11.5 Å². The van der Waals surface area contributed by atoms with Crippen LogP contribution in [0, 0.1) is 5.92 Å². The van der Waals surface area contributed by atoms with Crippen molar-refractivity contribution in [3.63, 3.8) is 0 Å². The summed E-state index contributed by atoms with van der Waals surface area (Å²) in [7, 11) is 3.28. The molecule has 0 amide bonds. The van der Waals surface area contributed by atoms with E-state index in [4.69, 9.17) is 15.3 Å². The van der Waals surface area contributed by atoms with Crippen LogP contribution in [0.2, 0.25) is 0 Å². The van der Waals surface area contributed by atoms with Gasteiger partial charge in [0.15, 0.2) is 11.5 Å². The number of hydrogen-bond acceptors (Lipinski definition) is 4. The summed E-state index contributed by atoms with van der Waals surface area (Å²) in [5.74, 6) is 7.62. The molecule has 0 saturated carbocycles. The molecule has 0 fully saturated rings. The molecule has 0 bridgehead atoms. The second-order valence-corrected chi connectivity index (χ2v) is 4.52. The summed E-state index contributed by atoms with van der Waals surface area (Å²) >= 11 is 0. The minimum Gasteiger partial charge on any atom is -0.493 e. The summed E-state index contributed by atoms with van der Waals surface area (Å²) in [6.07, 6.45) is 2.27. The molecule has 3 N–H and O–H groups in total. The van der Waals surface area contributed by atoms with Crippen LogP contribution in [0.25, 0.3) is 0 Å². The van der Waals surface area contributed by atoms with Crippen molar-refractivity contribution in [3.05, 3.63) is 23.8 Å². The molecule has 4 nitrogen and oxygen atoms in total. The Balaban J connectivity index is 2.99. The van der Waals surface area contributed by atoms with Crippen molar-refractivity contribution in [2.45, 2.75) is 32.7 Å². The predicted octanol–water partition coefficient (Wildman–Crippen LogP) is 2.64. The van der Waals surface area contributed by atoms with Gasteiger partial charge in [-0.3, -0.25) is 11.3 Å². The normalized spacial score (nSPS) is 14.1. The third-order valence-corrected chi connectivity index (χ3v) is 3.26. The molecule has 0 spiro atoms. The number of benzene rings is 1. The fourth-order valence-electron chi connectivity index (χ4n) is 2.26. The summed E-state index contributed by atoms with van der Waals surface area (Å²) in [6.45, 7) is 4.38. The summed E-state index contributed by atoms with van der Waals surface area (Å²) in [6, 6.07) is 6.05. The Hall–Kier alpha value is -1.26. The van der Waals surface area contributed by atoms with Crippen molar-refractivity contribution in [2.24, 2.45) is 11.8 Å². The average molecular weight is 252 g/mol. The first kappa shape index (κ1) is 14.8. The van der Waals surface area contributed by atoms with Gasteiger partial charge < -0.3 is 9.47 Å². The van der Waals surface area contributed by atoms with Gasteiger partial charge in [-0.15, -0.1) is 0 Å². The fraction of sp³-hybridized carbons (Fsp3) is 0.571. The van der Waals surface area contributed by atoms with Crippen molar-refractivity contribution < 1.29 is 9.47 Å². The molecule has 18 heavy (non-hydrogen) atoms. The largest absolute Gasteiger partial charge is 0.493 e. The smallest absolute Gasteiger partial charge is 0.161 e. The highest BCUT2D eigenvalue weighted by molar-refractivity contribution is 5.43. The Morgan fingerprint density at radius 3 is 2.39 bits per heavy atom. The zero-order chi connectivity index (χ0) is 13.5. The van der Waals surface area contributed by atoms with Crippen LogP contribution >= 0.6 is 0 Å². The maximum absolute atomic E-state index is 5.68. The lowest BCUT2D eigenvalue weighted by atomic mass is 9.91. The van der Waals surface area contributed by atoms with Gasteiger partial charge in [0.1, 0.15) is 0 Å². The van der Waals surface area contributed by atoms with Gasteiger partial charge in [-0.05, 0) is 30.0 Å². The predicted molar refractivity (Wildman–Crippen MR) is 73.7 cm³/mol. The van der Waals surface area contributed by atoms with E-state index in [9.17, 15) is 0 Å².